The fourth-order valence-electron chi connectivity index (χ4n) is 1.45. The van der Waals surface area contributed by atoms with Gasteiger partial charge in [0.15, 0.2) is 11.4 Å². The summed E-state index contributed by atoms with van der Waals surface area (Å²) in [5.74, 6) is -0.186. The van der Waals surface area contributed by atoms with Crippen LogP contribution in [0.5, 0.6) is 0 Å². The molecule has 0 saturated heterocycles. The van der Waals surface area contributed by atoms with Crippen LogP contribution in [-0.2, 0) is 0 Å². The number of nitrogens with one attached hydrogen (secondary N) is 2. The van der Waals surface area contributed by atoms with Crippen LogP contribution in [0, 0.1) is 11.5 Å². The molecule has 6 heteroatoms. The number of thioether (sulfide) groups is 1. The van der Waals surface area contributed by atoms with Crippen molar-refractivity contribution in [3.8, 4) is 6.19 Å². The molecule has 0 fully saturated rings. The molecule has 0 saturated carbocycles. The summed E-state index contributed by atoms with van der Waals surface area (Å²) in [4.78, 5) is 16.5. The third kappa shape index (κ3) is 4.94. The standard InChI is InChI=1S/C14H18N4OS/c1-14(2,3)18-12(19)10-7-5-6-8-11(10)17-13(20-4)16-9-15/h5-8H,1-4H3,(H,16,17)(H,18,19). The molecule has 0 bridgehead atoms. The Morgan fingerprint density at radius 1 is 1.35 bits per heavy atom. The van der Waals surface area contributed by atoms with Gasteiger partial charge in [0.25, 0.3) is 5.91 Å². The van der Waals surface area contributed by atoms with Crippen molar-refractivity contribution in [2.24, 2.45) is 4.99 Å². The third-order valence-electron chi connectivity index (χ3n) is 2.22. The van der Waals surface area contributed by atoms with Gasteiger partial charge in [0.05, 0.1) is 11.3 Å². The van der Waals surface area contributed by atoms with Crippen LogP contribution in [0.2, 0.25) is 0 Å². The van der Waals surface area contributed by atoms with Crippen LogP contribution in [0.25, 0.3) is 0 Å². The molecule has 0 unspecified atom stereocenters. The van der Waals surface area contributed by atoms with Gasteiger partial charge in [-0.15, -0.1) is 0 Å². The van der Waals surface area contributed by atoms with Crippen LogP contribution in [-0.4, -0.2) is 22.9 Å². The summed E-state index contributed by atoms with van der Waals surface area (Å²) in [5.41, 5.74) is 0.691. The van der Waals surface area contributed by atoms with E-state index in [0.717, 1.165) is 0 Å². The zero-order valence-corrected chi connectivity index (χ0v) is 12.8. The van der Waals surface area contributed by atoms with E-state index in [2.05, 4.69) is 15.6 Å². The van der Waals surface area contributed by atoms with Gasteiger partial charge in [0.2, 0.25) is 0 Å². The van der Waals surface area contributed by atoms with Crippen LogP contribution in [0.15, 0.2) is 29.3 Å². The first-order valence-corrected chi connectivity index (χ1v) is 7.29. The normalized spacial score (nSPS) is 11.7. The molecule has 0 radical (unpaired) electrons. The average Bonchev–Trinajstić information content (AvgIpc) is 2.36. The Labute approximate surface area is 123 Å². The Hall–Kier alpha value is -2.00. The molecule has 0 heterocycles. The van der Waals surface area contributed by atoms with Gasteiger partial charge in [-0.2, -0.15) is 5.26 Å². The first-order valence-electron chi connectivity index (χ1n) is 6.06. The van der Waals surface area contributed by atoms with Crippen molar-refractivity contribution >= 4 is 28.5 Å². The van der Waals surface area contributed by atoms with Gasteiger partial charge in [0.1, 0.15) is 0 Å². The molecule has 0 aromatic heterocycles. The van der Waals surface area contributed by atoms with E-state index in [4.69, 9.17) is 5.26 Å². The molecule has 0 aliphatic carbocycles. The Kier molecular flexibility index (Phi) is 5.59. The van der Waals surface area contributed by atoms with Crippen molar-refractivity contribution in [2.45, 2.75) is 26.3 Å². The Balaban J connectivity index is 3.11. The highest BCUT2D eigenvalue weighted by Crippen LogP contribution is 2.20. The molecule has 5 nitrogen and oxygen atoms in total. The maximum Gasteiger partial charge on any atom is 0.253 e. The second-order valence-corrected chi connectivity index (χ2v) is 5.87. The molecule has 1 amide bonds. The molecular formula is C14H18N4OS. The van der Waals surface area contributed by atoms with Gasteiger partial charge in [-0.1, -0.05) is 23.9 Å². The minimum absolute atomic E-state index is 0.186. The fourth-order valence-corrected chi connectivity index (χ4v) is 1.79. The topological polar surface area (TPSA) is 77.3 Å². The number of carbonyl (C=O) groups excluding carboxylic acids is 1. The molecule has 106 valence electrons. The molecule has 20 heavy (non-hydrogen) atoms. The Morgan fingerprint density at radius 2 is 2.00 bits per heavy atom. The summed E-state index contributed by atoms with van der Waals surface area (Å²) in [6, 6.07) is 7.04. The highest BCUT2D eigenvalue weighted by molar-refractivity contribution is 8.13. The smallest absolute Gasteiger partial charge is 0.253 e. The van der Waals surface area contributed by atoms with Crippen molar-refractivity contribution in [3.63, 3.8) is 0 Å². The number of amides is 1. The molecule has 2 N–H and O–H groups in total. The zero-order chi connectivity index (χ0) is 15.2. The average molecular weight is 290 g/mol. The number of para-hydroxylation sites is 1. The van der Waals surface area contributed by atoms with Crippen LogP contribution in [0.1, 0.15) is 31.1 Å². The second-order valence-electron chi connectivity index (χ2n) is 5.08. The summed E-state index contributed by atoms with van der Waals surface area (Å²) >= 11 is 1.31. The summed E-state index contributed by atoms with van der Waals surface area (Å²) in [6.07, 6.45) is 3.63. The van der Waals surface area contributed by atoms with E-state index in [9.17, 15) is 4.79 Å². The van der Waals surface area contributed by atoms with Gasteiger partial charge in [0, 0.05) is 5.54 Å². The van der Waals surface area contributed by atoms with Crippen LogP contribution < -0.4 is 10.6 Å². The van der Waals surface area contributed by atoms with Crippen molar-refractivity contribution in [1.29, 1.82) is 5.26 Å². The number of amidine groups is 1. The lowest BCUT2D eigenvalue weighted by Crippen LogP contribution is -2.40. The number of nitriles is 1. The molecule has 1 aromatic rings. The lowest BCUT2D eigenvalue weighted by molar-refractivity contribution is 0.0920. The number of carbonyl (C=O) groups is 1. The number of benzene rings is 1. The Bertz CT molecular complexity index is 555. The van der Waals surface area contributed by atoms with E-state index < -0.39 is 0 Å². The summed E-state index contributed by atoms with van der Waals surface area (Å²) in [5, 5.41) is 14.5. The van der Waals surface area contributed by atoms with Crippen molar-refractivity contribution in [3.05, 3.63) is 29.8 Å². The molecule has 0 aliphatic heterocycles. The van der Waals surface area contributed by atoms with E-state index in [1.807, 2.05) is 27.0 Å². The molecular weight excluding hydrogens is 272 g/mol. The molecule has 0 atom stereocenters. The van der Waals surface area contributed by atoms with Crippen molar-refractivity contribution in [2.75, 3.05) is 6.26 Å². The number of aliphatic imine (C=N–C) groups is 1. The first kappa shape index (κ1) is 16.1. The fraction of sp³-hybridized carbons (Fsp3) is 0.357. The molecule has 1 aromatic carbocycles. The van der Waals surface area contributed by atoms with Gasteiger partial charge in [-0.25, -0.2) is 4.99 Å². The molecule has 0 spiro atoms. The van der Waals surface area contributed by atoms with E-state index in [0.29, 0.717) is 16.4 Å². The minimum Gasteiger partial charge on any atom is -0.347 e. The number of nitrogens with zero attached hydrogens (tertiary/aromatic N) is 2. The SMILES string of the molecule is CSC(=Nc1ccccc1C(=O)NC(C)(C)C)NC#N. The van der Waals surface area contributed by atoms with Gasteiger partial charge < -0.3 is 5.32 Å². The maximum atomic E-state index is 12.2. The van der Waals surface area contributed by atoms with Gasteiger partial charge >= 0.3 is 0 Å². The molecule has 1 rings (SSSR count). The quantitative estimate of drug-likeness (QED) is 0.380. The highest BCUT2D eigenvalue weighted by atomic mass is 32.2. The lowest BCUT2D eigenvalue weighted by Gasteiger charge is -2.21. The monoisotopic (exact) mass is 290 g/mol. The van der Waals surface area contributed by atoms with E-state index in [1.54, 1.807) is 30.5 Å². The van der Waals surface area contributed by atoms with Gasteiger partial charge in [-0.05, 0) is 39.2 Å². The van der Waals surface area contributed by atoms with Crippen molar-refractivity contribution in [1.82, 2.24) is 10.6 Å². The van der Waals surface area contributed by atoms with Crippen LogP contribution >= 0.6 is 11.8 Å². The summed E-state index contributed by atoms with van der Waals surface area (Å²) in [6.45, 7) is 5.75. The predicted octanol–water partition coefficient (Wildman–Crippen LogP) is 2.64. The largest absolute Gasteiger partial charge is 0.347 e. The van der Waals surface area contributed by atoms with Crippen LogP contribution in [0.4, 0.5) is 5.69 Å². The summed E-state index contributed by atoms with van der Waals surface area (Å²) < 4.78 is 0. The predicted molar refractivity (Wildman–Crippen MR) is 83.0 cm³/mol. The first-order chi connectivity index (χ1) is 9.37. The number of hydrogen-bond donors (Lipinski definition) is 2. The third-order valence-corrected chi connectivity index (χ3v) is 2.80. The van der Waals surface area contributed by atoms with Gasteiger partial charge in [-0.3, -0.25) is 10.1 Å². The minimum atomic E-state index is -0.318. The zero-order valence-electron chi connectivity index (χ0n) is 12.0. The maximum absolute atomic E-state index is 12.2. The van der Waals surface area contributed by atoms with Crippen molar-refractivity contribution < 1.29 is 4.79 Å². The summed E-state index contributed by atoms with van der Waals surface area (Å²) in [7, 11) is 0. The number of rotatable bonds is 2. The highest BCUT2D eigenvalue weighted by Gasteiger charge is 2.17. The Morgan fingerprint density at radius 3 is 2.55 bits per heavy atom. The van der Waals surface area contributed by atoms with E-state index >= 15 is 0 Å². The number of hydrogen-bond acceptors (Lipinski definition) is 4. The van der Waals surface area contributed by atoms with E-state index in [-0.39, 0.29) is 11.4 Å². The van der Waals surface area contributed by atoms with E-state index in [1.165, 1.54) is 11.8 Å². The van der Waals surface area contributed by atoms with Crippen LogP contribution in [0.3, 0.4) is 0 Å². The molecule has 0 aliphatic rings. The second kappa shape index (κ2) is 6.96. The lowest BCUT2D eigenvalue weighted by atomic mass is 10.1.